The highest BCUT2D eigenvalue weighted by atomic mass is 16.5. The number of hydrogen-bond acceptors (Lipinski definition) is 5. The van der Waals surface area contributed by atoms with Gasteiger partial charge in [0.15, 0.2) is 0 Å². The molecule has 0 bridgehead atoms. The minimum Gasteiger partial charge on any atom is -0.372 e. The van der Waals surface area contributed by atoms with Gasteiger partial charge in [-0.15, -0.1) is 0 Å². The van der Waals surface area contributed by atoms with Gasteiger partial charge in [-0.05, 0) is 20.3 Å². The second kappa shape index (κ2) is 7.43. The summed E-state index contributed by atoms with van der Waals surface area (Å²) in [4.78, 5) is 10.3. The monoisotopic (exact) mass is 352 g/mol. The first-order chi connectivity index (χ1) is 12.7. The Kier molecular flexibility index (Phi) is 4.86. The van der Waals surface area contributed by atoms with Gasteiger partial charge >= 0.3 is 0 Å². The summed E-state index contributed by atoms with van der Waals surface area (Å²) in [6.07, 6.45) is 3.23. The summed E-state index contributed by atoms with van der Waals surface area (Å²) in [6, 6.07) is 10.2. The molecule has 1 aromatic carbocycles. The van der Waals surface area contributed by atoms with E-state index in [9.17, 15) is 0 Å². The summed E-state index contributed by atoms with van der Waals surface area (Å²) in [7, 11) is 0. The van der Waals surface area contributed by atoms with Crippen LogP contribution in [-0.4, -0.2) is 39.2 Å². The van der Waals surface area contributed by atoms with Crippen molar-refractivity contribution in [2.24, 2.45) is 0 Å². The fraction of sp³-hybridized carbons (Fsp3) is 0.400. The molecule has 0 saturated carbocycles. The summed E-state index contributed by atoms with van der Waals surface area (Å²) < 4.78 is 11.3. The molecule has 1 aliphatic heterocycles. The summed E-state index contributed by atoms with van der Waals surface area (Å²) >= 11 is 0. The Morgan fingerprint density at radius 1 is 1.27 bits per heavy atom. The molecule has 1 unspecified atom stereocenters. The SMILES string of the molecule is Cc1noc(C)c1COC1CCN(Cc2cnc(-c3ccccc3)[nH]2)C1. The summed E-state index contributed by atoms with van der Waals surface area (Å²) in [5.41, 5.74) is 4.24. The van der Waals surface area contributed by atoms with Crippen LogP contribution in [0.3, 0.4) is 0 Å². The average Bonchev–Trinajstić information content (AvgIpc) is 3.37. The second-order valence-corrected chi connectivity index (χ2v) is 6.88. The molecular weight excluding hydrogens is 328 g/mol. The zero-order chi connectivity index (χ0) is 17.9. The van der Waals surface area contributed by atoms with E-state index in [2.05, 4.69) is 32.2 Å². The quantitative estimate of drug-likeness (QED) is 0.736. The fourth-order valence-electron chi connectivity index (χ4n) is 3.41. The lowest BCUT2D eigenvalue weighted by molar-refractivity contribution is 0.0452. The number of likely N-dealkylation sites (tertiary alicyclic amines) is 1. The van der Waals surface area contributed by atoms with Gasteiger partial charge in [0.1, 0.15) is 11.6 Å². The number of aromatic nitrogens is 3. The van der Waals surface area contributed by atoms with Gasteiger partial charge < -0.3 is 14.2 Å². The molecule has 26 heavy (non-hydrogen) atoms. The lowest BCUT2D eigenvalue weighted by atomic mass is 10.2. The first kappa shape index (κ1) is 17.0. The molecule has 4 rings (SSSR count). The maximum Gasteiger partial charge on any atom is 0.139 e. The molecule has 6 nitrogen and oxygen atoms in total. The highest BCUT2D eigenvalue weighted by Crippen LogP contribution is 2.21. The van der Waals surface area contributed by atoms with Gasteiger partial charge in [0, 0.05) is 42.7 Å². The van der Waals surface area contributed by atoms with E-state index in [0.29, 0.717) is 6.61 Å². The number of imidazole rings is 1. The number of ether oxygens (including phenoxy) is 1. The van der Waals surface area contributed by atoms with Crippen molar-refractivity contribution in [3.63, 3.8) is 0 Å². The molecule has 3 aromatic rings. The van der Waals surface area contributed by atoms with Crippen LogP contribution in [0.1, 0.15) is 29.1 Å². The largest absolute Gasteiger partial charge is 0.372 e. The van der Waals surface area contributed by atoms with Crippen LogP contribution in [-0.2, 0) is 17.9 Å². The lowest BCUT2D eigenvalue weighted by Gasteiger charge is -2.15. The first-order valence-corrected chi connectivity index (χ1v) is 9.04. The van der Waals surface area contributed by atoms with Gasteiger partial charge in [-0.1, -0.05) is 35.5 Å². The number of nitrogens with zero attached hydrogens (tertiary/aromatic N) is 3. The van der Waals surface area contributed by atoms with Crippen LogP contribution in [0.25, 0.3) is 11.4 Å². The van der Waals surface area contributed by atoms with Crippen LogP contribution >= 0.6 is 0 Å². The number of nitrogens with one attached hydrogen (secondary N) is 1. The maximum absolute atomic E-state index is 6.08. The third-order valence-corrected chi connectivity index (χ3v) is 4.94. The molecule has 2 aromatic heterocycles. The van der Waals surface area contributed by atoms with Crippen molar-refractivity contribution >= 4 is 0 Å². The van der Waals surface area contributed by atoms with Crippen LogP contribution in [0.4, 0.5) is 0 Å². The van der Waals surface area contributed by atoms with Crippen LogP contribution in [0, 0.1) is 13.8 Å². The van der Waals surface area contributed by atoms with E-state index in [1.54, 1.807) is 0 Å². The third-order valence-electron chi connectivity index (χ3n) is 4.94. The van der Waals surface area contributed by atoms with E-state index in [0.717, 1.165) is 60.2 Å². The van der Waals surface area contributed by atoms with Crippen LogP contribution < -0.4 is 0 Å². The van der Waals surface area contributed by atoms with Gasteiger partial charge in [-0.3, -0.25) is 4.90 Å². The Labute approximate surface area is 153 Å². The molecule has 136 valence electrons. The molecule has 6 heteroatoms. The van der Waals surface area contributed by atoms with Gasteiger partial charge in [0.05, 0.1) is 18.4 Å². The van der Waals surface area contributed by atoms with Crippen molar-refractivity contribution in [1.82, 2.24) is 20.0 Å². The molecule has 1 atom stereocenters. The lowest BCUT2D eigenvalue weighted by Crippen LogP contribution is -2.23. The summed E-state index contributed by atoms with van der Waals surface area (Å²) in [5, 5.41) is 3.98. The molecule has 0 radical (unpaired) electrons. The summed E-state index contributed by atoms with van der Waals surface area (Å²) in [6.45, 7) is 7.29. The number of H-pyrrole nitrogens is 1. The minimum atomic E-state index is 0.250. The van der Waals surface area contributed by atoms with Gasteiger partial charge in [0.2, 0.25) is 0 Å². The third kappa shape index (κ3) is 3.71. The number of benzene rings is 1. The standard InChI is InChI=1S/C20H24N4O2/c1-14-19(15(2)26-23-14)13-25-18-8-9-24(12-18)11-17-10-21-20(22-17)16-6-4-3-5-7-16/h3-7,10,18H,8-9,11-13H2,1-2H3,(H,21,22). The van der Waals surface area contributed by atoms with Crippen LogP contribution in [0.5, 0.6) is 0 Å². The highest BCUT2D eigenvalue weighted by Gasteiger charge is 2.24. The second-order valence-electron chi connectivity index (χ2n) is 6.88. The fourth-order valence-corrected chi connectivity index (χ4v) is 3.41. The van der Waals surface area contributed by atoms with Crippen molar-refractivity contribution in [1.29, 1.82) is 0 Å². The van der Waals surface area contributed by atoms with Crippen molar-refractivity contribution < 1.29 is 9.26 Å². The van der Waals surface area contributed by atoms with E-state index in [-0.39, 0.29) is 6.10 Å². The Hall–Kier alpha value is -2.44. The Morgan fingerprint density at radius 3 is 2.88 bits per heavy atom. The zero-order valence-corrected chi connectivity index (χ0v) is 15.2. The van der Waals surface area contributed by atoms with E-state index >= 15 is 0 Å². The molecule has 1 N–H and O–H groups in total. The van der Waals surface area contributed by atoms with Crippen molar-refractivity contribution in [2.45, 2.75) is 39.5 Å². The van der Waals surface area contributed by atoms with E-state index in [4.69, 9.17) is 9.26 Å². The molecule has 0 spiro atoms. The van der Waals surface area contributed by atoms with Crippen molar-refractivity contribution in [3.05, 3.63) is 59.2 Å². The molecular formula is C20H24N4O2. The van der Waals surface area contributed by atoms with Crippen molar-refractivity contribution in [2.75, 3.05) is 13.1 Å². The smallest absolute Gasteiger partial charge is 0.139 e. The topological polar surface area (TPSA) is 67.2 Å². The Balaban J connectivity index is 1.30. The van der Waals surface area contributed by atoms with E-state index < -0.39 is 0 Å². The number of aromatic amines is 1. The average molecular weight is 352 g/mol. The highest BCUT2D eigenvalue weighted by molar-refractivity contribution is 5.54. The summed E-state index contributed by atoms with van der Waals surface area (Å²) in [5.74, 6) is 1.77. The van der Waals surface area contributed by atoms with E-state index in [1.165, 1.54) is 0 Å². The van der Waals surface area contributed by atoms with Gasteiger partial charge in [-0.2, -0.15) is 0 Å². The van der Waals surface area contributed by atoms with Gasteiger partial charge in [-0.25, -0.2) is 4.98 Å². The first-order valence-electron chi connectivity index (χ1n) is 9.04. The maximum atomic E-state index is 6.08. The molecule has 3 heterocycles. The van der Waals surface area contributed by atoms with E-state index in [1.807, 2.05) is 38.2 Å². The minimum absolute atomic E-state index is 0.250. The molecule has 0 amide bonds. The van der Waals surface area contributed by atoms with Gasteiger partial charge in [0.25, 0.3) is 0 Å². The van der Waals surface area contributed by atoms with Crippen LogP contribution in [0.2, 0.25) is 0 Å². The molecule has 0 aliphatic carbocycles. The van der Waals surface area contributed by atoms with Crippen LogP contribution in [0.15, 0.2) is 41.1 Å². The Bertz CT molecular complexity index is 836. The predicted molar refractivity (Wildman–Crippen MR) is 98.5 cm³/mol. The zero-order valence-electron chi connectivity index (χ0n) is 15.2. The molecule has 1 aliphatic rings. The molecule has 1 fully saturated rings. The predicted octanol–water partition coefficient (Wildman–Crippen LogP) is 3.47. The Morgan fingerprint density at radius 2 is 2.12 bits per heavy atom. The number of aryl methyl sites for hydroxylation is 2. The van der Waals surface area contributed by atoms with Crippen molar-refractivity contribution in [3.8, 4) is 11.4 Å². The number of rotatable bonds is 6. The number of hydrogen-bond donors (Lipinski definition) is 1. The molecule has 1 saturated heterocycles. The normalized spacial score (nSPS) is 17.8.